The molecule has 3 heteroatoms. The summed E-state index contributed by atoms with van der Waals surface area (Å²) in [6, 6.07) is 0. The van der Waals surface area contributed by atoms with Gasteiger partial charge >= 0.3 is 0 Å². The van der Waals surface area contributed by atoms with Crippen molar-refractivity contribution in [3.63, 3.8) is 0 Å². The summed E-state index contributed by atoms with van der Waals surface area (Å²) < 4.78 is 0. The van der Waals surface area contributed by atoms with Crippen molar-refractivity contribution in [2.24, 2.45) is 0 Å². The Labute approximate surface area is 75.1 Å². The first-order valence-corrected chi connectivity index (χ1v) is 8.11. The molecule has 0 aliphatic rings. The molecule has 0 fully saturated rings. The molecule has 0 aliphatic heterocycles. The minimum absolute atomic E-state index is 0.475. The van der Waals surface area contributed by atoms with E-state index in [9.17, 15) is 4.79 Å². The lowest BCUT2D eigenvalue weighted by Gasteiger charge is -2.13. The van der Waals surface area contributed by atoms with Gasteiger partial charge < -0.3 is 4.79 Å². The quantitative estimate of drug-likeness (QED) is 0.372. The average molecular weight is 193 g/mol. The molecule has 0 heterocycles. The van der Waals surface area contributed by atoms with E-state index in [0.29, 0.717) is 11.3 Å². The molecule has 0 bridgehead atoms. The zero-order valence-electron chi connectivity index (χ0n) is 7.61. The zero-order chi connectivity index (χ0) is 8.91. The molecule has 1 nitrogen and oxygen atoms in total. The van der Waals surface area contributed by atoms with Gasteiger partial charge in [-0.15, -0.1) is 11.6 Å². The van der Waals surface area contributed by atoms with E-state index in [4.69, 9.17) is 11.6 Å². The van der Waals surface area contributed by atoms with Crippen LogP contribution in [-0.4, -0.2) is 19.4 Å². The van der Waals surface area contributed by atoms with Gasteiger partial charge in [-0.05, 0) is 12.8 Å². The number of rotatable bonds is 5. The predicted octanol–water partition coefficient (Wildman–Crippen LogP) is 2.84. The Hall–Kier alpha value is 0.177. The third-order valence-corrected chi connectivity index (χ3v) is 3.81. The second-order valence-corrected chi connectivity index (χ2v) is 9.25. The van der Waals surface area contributed by atoms with Crippen molar-refractivity contribution in [3.05, 3.63) is 0 Å². The largest absolute Gasteiger partial charge is 0.305 e. The topological polar surface area (TPSA) is 17.1 Å². The Balaban J connectivity index is 3.54. The van der Waals surface area contributed by atoms with E-state index in [2.05, 4.69) is 19.6 Å². The van der Waals surface area contributed by atoms with Gasteiger partial charge in [-0.2, -0.15) is 0 Å². The zero-order valence-corrected chi connectivity index (χ0v) is 9.37. The Morgan fingerprint density at radius 1 is 1.27 bits per heavy atom. The summed E-state index contributed by atoms with van der Waals surface area (Å²) in [7, 11) is -1.49. The smallest absolute Gasteiger partial charge is 0.123 e. The van der Waals surface area contributed by atoms with Crippen molar-refractivity contribution in [3.8, 4) is 0 Å². The van der Waals surface area contributed by atoms with Gasteiger partial charge in [0.15, 0.2) is 0 Å². The van der Waals surface area contributed by atoms with Gasteiger partial charge in [-0.1, -0.05) is 19.6 Å². The Morgan fingerprint density at radius 2 is 1.82 bits per heavy atom. The number of halogens is 1. The highest BCUT2D eigenvalue weighted by molar-refractivity contribution is 7.03. The van der Waals surface area contributed by atoms with Gasteiger partial charge in [0.1, 0.15) is 13.5 Å². The molecule has 0 N–H and O–H groups in total. The van der Waals surface area contributed by atoms with Crippen LogP contribution in [0.2, 0.25) is 19.6 Å². The highest BCUT2D eigenvalue weighted by Gasteiger charge is 2.22. The van der Waals surface area contributed by atoms with Crippen molar-refractivity contribution in [1.82, 2.24) is 0 Å². The van der Waals surface area contributed by atoms with Gasteiger partial charge in [0, 0.05) is 12.3 Å². The fourth-order valence-electron chi connectivity index (χ4n) is 0.755. The summed E-state index contributed by atoms with van der Waals surface area (Å²) >= 11 is 5.50. The van der Waals surface area contributed by atoms with Crippen LogP contribution >= 0.6 is 11.6 Å². The van der Waals surface area contributed by atoms with E-state index in [-0.39, 0.29) is 0 Å². The number of unbranched alkanes of at least 4 members (excludes halogenated alkanes) is 1. The molecule has 11 heavy (non-hydrogen) atoms. The van der Waals surface area contributed by atoms with Gasteiger partial charge in [0.25, 0.3) is 0 Å². The summed E-state index contributed by atoms with van der Waals surface area (Å²) in [6.45, 7) is 6.28. The predicted molar refractivity (Wildman–Crippen MR) is 52.9 cm³/mol. The van der Waals surface area contributed by atoms with Crippen molar-refractivity contribution in [2.45, 2.75) is 38.9 Å². The van der Waals surface area contributed by atoms with E-state index < -0.39 is 8.07 Å². The standard InChI is InChI=1S/C8H17ClOSi/c1-11(2,3)8(10)6-4-5-7-9/h4-7H2,1-3H3. The molecular weight excluding hydrogens is 176 g/mol. The van der Waals surface area contributed by atoms with Crippen LogP contribution < -0.4 is 0 Å². The van der Waals surface area contributed by atoms with Crippen LogP contribution in [-0.2, 0) is 4.79 Å². The van der Waals surface area contributed by atoms with Crippen LogP contribution in [0.5, 0.6) is 0 Å². The molecule has 0 amide bonds. The molecule has 0 atom stereocenters. The molecule has 0 aromatic carbocycles. The van der Waals surface area contributed by atoms with E-state index in [1.807, 2.05) is 0 Å². The van der Waals surface area contributed by atoms with Crippen molar-refractivity contribution < 1.29 is 4.79 Å². The second-order valence-electron chi connectivity index (χ2n) is 3.82. The molecular formula is C8H17ClOSi. The fraction of sp³-hybridized carbons (Fsp3) is 0.875. The van der Waals surface area contributed by atoms with Gasteiger partial charge in [-0.25, -0.2) is 0 Å². The lowest BCUT2D eigenvalue weighted by molar-refractivity contribution is -0.112. The maximum Gasteiger partial charge on any atom is 0.123 e. The van der Waals surface area contributed by atoms with Crippen LogP contribution in [0.15, 0.2) is 0 Å². The number of hydrogen-bond donors (Lipinski definition) is 0. The first-order valence-electron chi connectivity index (χ1n) is 4.07. The maximum absolute atomic E-state index is 11.4. The molecule has 0 unspecified atom stereocenters. The van der Waals surface area contributed by atoms with Crippen molar-refractivity contribution in [1.29, 1.82) is 0 Å². The number of alkyl halides is 1. The summed E-state index contributed by atoms with van der Waals surface area (Å²) in [6.07, 6.45) is 2.67. The normalized spacial score (nSPS) is 11.6. The minimum Gasteiger partial charge on any atom is -0.305 e. The minimum atomic E-state index is -1.49. The number of carbonyl (C=O) groups excluding carboxylic acids is 1. The van der Waals surface area contributed by atoms with E-state index in [1.54, 1.807) is 0 Å². The summed E-state index contributed by atoms with van der Waals surface area (Å²) in [5.74, 6) is 0.680. The molecule has 0 saturated heterocycles. The Morgan fingerprint density at radius 3 is 2.18 bits per heavy atom. The lowest BCUT2D eigenvalue weighted by Crippen LogP contribution is -2.33. The van der Waals surface area contributed by atoms with Crippen molar-refractivity contribution >= 4 is 25.1 Å². The molecule has 0 aliphatic carbocycles. The van der Waals surface area contributed by atoms with Crippen LogP contribution in [0, 0.1) is 0 Å². The van der Waals surface area contributed by atoms with Gasteiger partial charge in [0.2, 0.25) is 0 Å². The highest BCUT2D eigenvalue weighted by Crippen LogP contribution is 2.08. The van der Waals surface area contributed by atoms with E-state index >= 15 is 0 Å². The molecule has 0 radical (unpaired) electrons. The van der Waals surface area contributed by atoms with E-state index in [0.717, 1.165) is 19.3 Å². The van der Waals surface area contributed by atoms with Crippen LogP contribution in [0.4, 0.5) is 0 Å². The number of carbonyl (C=O) groups is 1. The Bertz CT molecular complexity index is 129. The van der Waals surface area contributed by atoms with E-state index in [1.165, 1.54) is 0 Å². The third kappa shape index (κ3) is 5.45. The lowest BCUT2D eigenvalue weighted by atomic mass is 10.3. The van der Waals surface area contributed by atoms with Crippen LogP contribution in [0.1, 0.15) is 19.3 Å². The number of hydrogen-bond acceptors (Lipinski definition) is 1. The van der Waals surface area contributed by atoms with Gasteiger partial charge in [0.05, 0.1) is 0 Å². The van der Waals surface area contributed by atoms with Crippen LogP contribution in [0.3, 0.4) is 0 Å². The average Bonchev–Trinajstić information content (AvgIpc) is 1.86. The first kappa shape index (κ1) is 11.2. The monoisotopic (exact) mass is 192 g/mol. The van der Waals surface area contributed by atoms with Crippen LogP contribution in [0.25, 0.3) is 0 Å². The molecule has 0 aromatic heterocycles. The third-order valence-electron chi connectivity index (χ3n) is 1.62. The first-order chi connectivity index (χ1) is 4.98. The SMILES string of the molecule is C[Si](C)(C)C(=O)CCCCCl. The molecule has 0 spiro atoms. The summed E-state index contributed by atoms with van der Waals surface area (Å²) in [4.78, 5) is 11.4. The molecule has 0 aromatic rings. The fourth-order valence-corrected chi connectivity index (χ4v) is 1.87. The molecule has 66 valence electrons. The van der Waals surface area contributed by atoms with Gasteiger partial charge in [-0.3, -0.25) is 0 Å². The summed E-state index contributed by atoms with van der Waals surface area (Å²) in [5, 5.41) is 0.475. The Kier molecular flexibility index (Phi) is 5.02. The summed E-state index contributed by atoms with van der Waals surface area (Å²) in [5.41, 5.74) is 0. The molecule has 0 saturated carbocycles. The van der Waals surface area contributed by atoms with Crippen molar-refractivity contribution in [2.75, 3.05) is 5.88 Å². The maximum atomic E-state index is 11.4. The molecule has 0 rings (SSSR count). The second kappa shape index (κ2) is 4.94. The highest BCUT2D eigenvalue weighted by atomic mass is 35.5.